The van der Waals surface area contributed by atoms with Gasteiger partial charge in [-0.25, -0.2) is 0 Å². The van der Waals surface area contributed by atoms with Gasteiger partial charge in [-0.2, -0.15) is 0 Å². The number of fused-ring (bicyclic) bond motifs is 1. The van der Waals surface area contributed by atoms with Crippen LogP contribution in [0.4, 0.5) is 5.82 Å². The summed E-state index contributed by atoms with van der Waals surface area (Å²) in [5.74, 6) is 4.68. The van der Waals surface area contributed by atoms with Crippen molar-refractivity contribution in [3.63, 3.8) is 0 Å². The SMILES string of the molecule is COCC1CC(CC(=O)C(C)CCC2CCC(CCN3CCN(c4noc5cc(Cl)ccc45)CC3)CC2)C1. The van der Waals surface area contributed by atoms with Crippen LogP contribution in [0.5, 0.6) is 0 Å². The molecule has 7 heteroatoms. The molecule has 0 radical (unpaired) electrons. The largest absolute Gasteiger partial charge is 0.384 e. The third-order valence-corrected chi connectivity index (χ3v) is 9.92. The molecule has 0 spiro atoms. The van der Waals surface area contributed by atoms with Gasteiger partial charge < -0.3 is 14.2 Å². The van der Waals surface area contributed by atoms with Gasteiger partial charge in [0.15, 0.2) is 11.4 Å². The van der Waals surface area contributed by atoms with Gasteiger partial charge in [0.2, 0.25) is 0 Å². The molecule has 2 aliphatic carbocycles. The molecule has 3 fully saturated rings. The molecule has 1 aromatic heterocycles. The molecule has 6 nitrogen and oxygen atoms in total. The summed E-state index contributed by atoms with van der Waals surface area (Å²) in [7, 11) is 1.77. The second-order valence-electron chi connectivity index (χ2n) is 12.5. The summed E-state index contributed by atoms with van der Waals surface area (Å²) in [5.41, 5.74) is 0.761. The van der Waals surface area contributed by atoms with Crippen molar-refractivity contribution in [3.8, 4) is 0 Å². The summed E-state index contributed by atoms with van der Waals surface area (Å²) >= 11 is 6.09. The number of ether oxygens (including phenoxy) is 1. The minimum absolute atomic E-state index is 0.237. The number of anilines is 1. The Morgan fingerprint density at radius 2 is 1.76 bits per heavy atom. The van der Waals surface area contributed by atoms with E-state index in [0.29, 0.717) is 22.6 Å². The highest BCUT2D eigenvalue weighted by Crippen LogP contribution is 2.38. The standard InChI is InChI=1S/C31H46ClN3O3/c1-22(29(36)19-25-17-26(18-25)21-37-2)3-4-23-5-7-24(8-6-23)11-12-34-13-15-35(16-14-34)31-28-10-9-27(32)20-30(28)38-33-31/h9-10,20,22-26H,3-8,11-19,21H2,1-2H3. The molecule has 38 heavy (non-hydrogen) atoms. The maximum atomic E-state index is 12.7. The van der Waals surface area contributed by atoms with E-state index in [-0.39, 0.29) is 5.92 Å². The number of aromatic nitrogens is 1. The number of hydrogen-bond donors (Lipinski definition) is 0. The number of halogens is 1. The van der Waals surface area contributed by atoms with Crippen LogP contribution in [-0.2, 0) is 9.53 Å². The number of benzene rings is 1. The number of methoxy groups -OCH3 is 1. The van der Waals surface area contributed by atoms with Crippen molar-refractivity contribution in [3.05, 3.63) is 23.2 Å². The third kappa shape index (κ3) is 7.11. The molecule has 1 aliphatic heterocycles. The molecule has 3 aliphatic rings. The fourth-order valence-electron chi connectivity index (χ4n) is 7.03. The lowest BCUT2D eigenvalue weighted by atomic mass is 9.71. The number of carbonyl (C=O) groups is 1. The second-order valence-corrected chi connectivity index (χ2v) is 12.9. The molecule has 2 saturated carbocycles. The third-order valence-electron chi connectivity index (χ3n) is 9.69. The van der Waals surface area contributed by atoms with E-state index in [9.17, 15) is 4.79 Å². The van der Waals surface area contributed by atoms with E-state index < -0.39 is 0 Å². The fourth-order valence-corrected chi connectivity index (χ4v) is 7.19. The van der Waals surface area contributed by atoms with E-state index in [1.54, 1.807) is 7.11 Å². The highest BCUT2D eigenvalue weighted by Gasteiger charge is 2.32. The Balaban J connectivity index is 0.943. The van der Waals surface area contributed by atoms with Crippen molar-refractivity contribution in [1.82, 2.24) is 10.1 Å². The van der Waals surface area contributed by atoms with E-state index in [1.165, 1.54) is 57.9 Å². The normalized spacial score (nSPS) is 27.4. The Labute approximate surface area is 233 Å². The van der Waals surface area contributed by atoms with Crippen LogP contribution in [0.25, 0.3) is 11.0 Å². The summed E-state index contributed by atoms with van der Waals surface area (Å²) < 4.78 is 10.7. The Morgan fingerprint density at radius 1 is 1.05 bits per heavy atom. The van der Waals surface area contributed by atoms with Crippen molar-refractivity contribution >= 4 is 34.2 Å². The van der Waals surface area contributed by atoms with Crippen LogP contribution < -0.4 is 4.90 Å². The smallest absolute Gasteiger partial charge is 0.180 e. The molecular formula is C31H46ClN3O3. The van der Waals surface area contributed by atoms with Gasteiger partial charge in [0.05, 0.1) is 5.39 Å². The number of hydrogen-bond acceptors (Lipinski definition) is 6. The highest BCUT2D eigenvalue weighted by molar-refractivity contribution is 6.31. The molecule has 2 aromatic rings. The van der Waals surface area contributed by atoms with Crippen LogP contribution in [0, 0.1) is 29.6 Å². The fraction of sp³-hybridized carbons (Fsp3) is 0.742. The lowest BCUT2D eigenvalue weighted by Crippen LogP contribution is -2.47. The zero-order chi connectivity index (χ0) is 26.5. The first-order chi connectivity index (χ1) is 18.5. The molecule has 0 N–H and O–H groups in total. The Bertz CT molecular complexity index is 1040. The summed E-state index contributed by atoms with van der Waals surface area (Å²) in [6, 6.07) is 5.76. The van der Waals surface area contributed by atoms with E-state index in [2.05, 4.69) is 21.9 Å². The molecule has 5 rings (SSSR count). The number of rotatable bonds is 12. The quantitative estimate of drug-likeness (QED) is 0.292. The van der Waals surface area contributed by atoms with Crippen molar-refractivity contribution in [2.45, 2.75) is 71.1 Å². The number of ketones is 1. The first-order valence-electron chi connectivity index (χ1n) is 15.0. The maximum absolute atomic E-state index is 12.7. The minimum Gasteiger partial charge on any atom is -0.384 e. The summed E-state index contributed by atoms with van der Waals surface area (Å²) in [6.07, 6.45) is 12.2. The van der Waals surface area contributed by atoms with Gasteiger partial charge in [0, 0.05) is 63.3 Å². The van der Waals surface area contributed by atoms with Crippen molar-refractivity contribution in [1.29, 1.82) is 0 Å². The van der Waals surface area contributed by atoms with E-state index >= 15 is 0 Å². The predicted octanol–water partition coefficient (Wildman–Crippen LogP) is 6.85. The number of nitrogens with zero attached hydrogens (tertiary/aromatic N) is 3. The molecule has 1 unspecified atom stereocenters. The second kappa shape index (κ2) is 13.1. The molecule has 0 amide bonds. The Kier molecular flexibility index (Phi) is 9.66. The van der Waals surface area contributed by atoms with Crippen molar-refractivity contribution in [2.75, 3.05) is 51.3 Å². The zero-order valence-corrected chi connectivity index (χ0v) is 24.1. The average Bonchev–Trinajstić information content (AvgIpc) is 3.33. The average molecular weight is 544 g/mol. The van der Waals surface area contributed by atoms with Crippen molar-refractivity contribution in [2.24, 2.45) is 29.6 Å². The molecule has 1 atom stereocenters. The lowest BCUT2D eigenvalue weighted by Gasteiger charge is -2.36. The molecule has 210 valence electrons. The first kappa shape index (κ1) is 27.9. The van der Waals surface area contributed by atoms with Gasteiger partial charge >= 0.3 is 0 Å². The van der Waals surface area contributed by atoms with Gasteiger partial charge in [0.25, 0.3) is 0 Å². The van der Waals surface area contributed by atoms with Gasteiger partial charge in [-0.15, -0.1) is 0 Å². The van der Waals surface area contributed by atoms with Crippen LogP contribution >= 0.6 is 11.6 Å². The predicted molar refractivity (Wildman–Crippen MR) is 154 cm³/mol. The molecule has 2 heterocycles. The molecule has 1 aromatic carbocycles. The first-order valence-corrected chi connectivity index (χ1v) is 15.4. The van der Waals surface area contributed by atoms with E-state index in [0.717, 1.165) is 74.3 Å². The van der Waals surface area contributed by atoms with Gasteiger partial charge in [-0.3, -0.25) is 9.69 Å². The number of carbonyl (C=O) groups excluding carboxylic acids is 1. The van der Waals surface area contributed by atoms with Crippen LogP contribution in [0.15, 0.2) is 22.7 Å². The Morgan fingerprint density at radius 3 is 2.47 bits per heavy atom. The zero-order valence-electron chi connectivity index (χ0n) is 23.4. The van der Waals surface area contributed by atoms with E-state index in [1.807, 2.05) is 18.2 Å². The topological polar surface area (TPSA) is 58.8 Å². The van der Waals surface area contributed by atoms with Crippen LogP contribution in [0.1, 0.15) is 71.1 Å². The van der Waals surface area contributed by atoms with Crippen LogP contribution in [0.3, 0.4) is 0 Å². The number of Topliss-reactive ketones (excluding diaryl/α,β-unsaturated/α-hetero) is 1. The monoisotopic (exact) mass is 543 g/mol. The van der Waals surface area contributed by atoms with E-state index in [4.69, 9.17) is 20.9 Å². The van der Waals surface area contributed by atoms with Crippen LogP contribution in [-0.4, -0.2) is 62.3 Å². The van der Waals surface area contributed by atoms with Gasteiger partial charge in [0.1, 0.15) is 5.78 Å². The molecule has 0 bridgehead atoms. The highest BCUT2D eigenvalue weighted by atomic mass is 35.5. The van der Waals surface area contributed by atoms with Gasteiger partial charge in [-0.1, -0.05) is 49.4 Å². The summed E-state index contributed by atoms with van der Waals surface area (Å²) in [5, 5.41) is 6.06. The summed E-state index contributed by atoms with van der Waals surface area (Å²) in [6.45, 7) is 8.37. The molecule has 1 saturated heterocycles. The van der Waals surface area contributed by atoms with Gasteiger partial charge in [-0.05, 0) is 74.5 Å². The summed E-state index contributed by atoms with van der Waals surface area (Å²) in [4.78, 5) is 17.6. The van der Waals surface area contributed by atoms with Crippen LogP contribution in [0.2, 0.25) is 5.02 Å². The lowest BCUT2D eigenvalue weighted by molar-refractivity contribution is -0.124. The van der Waals surface area contributed by atoms with Crippen molar-refractivity contribution < 1.29 is 14.1 Å². The Hall–Kier alpha value is -1.63. The minimum atomic E-state index is 0.237. The molecular weight excluding hydrogens is 498 g/mol. The maximum Gasteiger partial charge on any atom is 0.180 e. The number of piperazine rings is 1.